The van der Waals surface area contributed by atoms with Gasteiger partial charge in [0.15, 0.2) is 0 Å². The van der Waals surface area contributed by atoms with Crippen molar-refractivity contribution in [3.63, 3.8) is 0 Å². The third-order valence-electron chi connectivity index (χ3n) is 5.81. The number of fused-ring (bicyclic) bond motifs is 1. The lowest BCUT2D eigenvalue weighted by Gasteiger charge is -2.38. The Hall–Kier alpha value is -2.37. The van der Waals surface area contributed by atoms with E-state index in [9.17, 15) is 14.4 Å². The Morgan fingerprint density at radius 1 is 1.14 bits per heavy atom. The molecule has 1 N–H and O–H groups in total. The van der Waals surface area contributed by atoms with Crippen LogP contribution in [-0.2, 0) is 27.3 Å². The van der Waals surface area contributed by atoms with Crippen LogP contribution < -0.4 is 5.32 Å². The molecule has 152 valence electrons. The molecule has 0 radical (unpaired) electrons. The SMILES string of the molecule is CCCC(=O)Nc1ccc2c(c1)CN(C(=O)C1CCCC1)C(C(=O)N(C)C)C2. The lowest BCUT2D eigenvalue weighted by atomic mass is 9.91. The second kappa shape index (κ2) is 8.76. The number of hydrogen-bond acceptors (Lipinski definition) is 3. The molecule has 28 heavy (non-hydrogen) atoms. The molecule has 1 aromatic rings. The fourth-order valence-electron chi connectivity index (χ4n) is 4.27. The van der Waals surface area contributed by atoms with Gasteiger partial charge < -0.3 is 15.1 Å². The number of carbonyl (C=O) groups excluding carboxylic acids is 3. The van der Waals surface area contributed by atoms with Gasteiger partial charge in [0.1, 0.15) is 6.04 Å². The predicted molar refractivity (Wildman–Crippen MR) is 109 cm³/mol. The fraction of sp³-hybridized carbons (Fsp3) is 0.591. The van der Waals surface area contributed by atoms with E-state index in [0.29, 0.717) is 19.4 Å². The third kappa shape index (κ3) is 4.37. The van der Waals surface area contributed by atoms with Crippen LogP contribution in [-0.4, -0.2) is 47.7 Å². The van der Waals surface area contributed by atoms with Crippen LogP contribution >= 0.6 is 0 Å². The zero-order valence-electron chi connectivity index (χ0n) is 17.2. The molecule has 0 aromatic heterocycles. The van der Waals surface area contributed by atoms with E-state index in [-0.39, 0.29) is 23.6 Å². The average molecular weight is 386 g/mol. The molecule has 2 aliphatic rings. The highest BCUT2D eigenvalue weighted by Crippen LogP contribution is 2.32. The summed E-state index contributed by atoms with van der Waals surface area (Å²) >= 11 is 0. The van der Waals surface area contributed by atoms with Gasteiger partial charge in [-0.3, -0.25) is 14.4 Å². The van der Waals surface area contributed by atoms with E-state index in [1.54, 1.807) is 23.9 Å². The highest BCUT2D eigenvalue weighted by molar-refractivity contribution is 5.91. The Bertz CT molecular complexity index is 753. The van der Waals surface area contributed by atoms with Crippen molar-refractivity contribution in [2.45, 2.75) is 64.5 Å². The number of carbonyl (C=O) groups is 3. The minimum Gasteiger partial charge on any atom is -0.347 e. The summed E-state index contributed by atoms with van der Waals surface area (Å²) in [5.41, 5.74) is 2.84. The monoisotopic (exact) mass is 385 g/mol. The molecule has 0 bridgehead atoms. The van der Waals surface area contributed by atoms with Crippen molar-refractivity contribution in [1.82, 2.24) is 9.80 Å². The van der Waals surface area contributed by atoms with Gasteiger partial charge in [0.2, 0.25) is 17.7 Å². The van der Waals surface area contributed by atoms with E-state index in [2.05, 4.69) is 5.32 Å². The van der Waals surface area contributed by atoms with Crippen LogP contribution in [0.15, 0.2) is 18.2 Å². The maximum Gasteiger partial charge on any atom is 0.245 e. The van der Waals surface area contributed by atoms with Crippen LogP contribution in [0.3, 0.4) is 0 Å². The highest BCUT2D eigenvalue weighted by atomic mass is 16.2. The number of nitrogens with zero attached hydrogens (tertiary/aromatic N) is 2. The van der Waals surface area contributed by atoms with Gasteiger partial charge >= 0.3 is 0 Å². The number of nitrogens with one attached hydrogen (secondary N) is 1. The molecule has 6 nitrogen and oxygen atoms in total. The van der Waals surface area contributed by atoms with Gasteiger partial charge in [-0.05, 0) is 42.5 Å². The van der Waals surface area contributed by atoms with Crippen LogP contribution in [0.2, 0.25) is 0 Å². The molecule has 1 unspecified atom stereocenters. The van der Waals surface area contributed by atoms with E-state index in [0.717, 1.165) is 48.9 Å². The van der Waals surface area contributed by atoms with Crippen LogP contribution in [0.5, 0.6) is 0 Å². The molecule has 1 aliphatic heterocycles. The summed E-state index contributed by atoms with van der Waals surface area (Å²) in [5.74, 6) is 0.102. The summed E-state index contributed by atoms with van der Waals surface area (Å²) in [7, 11) is 3.48. The minimum atomic E-state index is -0.448. The maximum atomic E-state index is 13.2. The van der Waals surface area contributed by atoms with E-state index < -0.39 is 6.04 Å². The van der Waals surface area contributed by atoms with Gasteiger partial charge in [-0.2, -0.15) is 0 Å². The van der Waals surface area contributed by atoms with Gasteiger partial charge in [-0.25, -0.2) is 0 Å². The molecular weight excluding hydrogens is 354 g/mol. The molecule has 1 atom stereocenters. The van der Waals surface area contributed by atoms with E-state index in [4.69, 9.17) is 0 Å². The molecule has 1 heterocycles. The summed E-state index contributed by atoms with van der Waals surface area (Å²) in [6.45, 7) is 2.40. The first-order valence-corrected chi connectivity index (χ1v) is 10.3. The molecule has 1 saturated carbocycles. The number of amides is 3. The summed E-state index contributed by atoms with van der Waals surface area (Å²) < 4.78 is 0. The van der Waals surface area contributed by atoms with Crippen LogP contribution in [0.1, 0.15) is 56.6 Å². The van der Waals surface area contributed by atoms with Gasteiger partial charge in [-0.1, -0.05) is 25.8 Å². The topological polar surface area (TPSA) is 69.7 Å². The van der Waals surface area contributed by atoms with Crippen molar-refractivity contribution < 1.29 is 14.4 Å². The van der Waals surface area contributed by atoms with E-state index in [1.807, 2.05) is 25.1 Å². The van der Waals surface area contributed by atoms with Gasteiger partial charge in [0, 0.05) is 45.1 Å². The molecule has 3 rings (SSSR count). The lowest BCUT2D eigenvalue weighted by molar-refractivity contribution is -0.148. The Balaban J connectivity index is 1.86. The van der Waals surface area contributed by atoms with Crippen molar-refractivity contribution in [2.75, 3.05) is 19.4 Å². The van der Waals surface area contributed by atoms with Crippen molar-refractivity contribution in [2.24, 2.45) is 5.92 Å². The Labute approximate surface area is 167 Å². The fourth-order valence-corrected chi connectivity index (χ4v) is 4.27. The second-order valence-electron chi connectivity index (χ2n) is 8.18. The molecule has 1 aliphatic carbocycles. The van der Waals surface area contributed by atoms with Crippen LogP contribution in [0, 0.1) is 5.92 Å². The normalized spacial score (nSPS) is 19.2. The largest absolute Gasteiger partial charge is 0.347 e. The maximum absolute atomic E-state index is 13.2. The zero-order valence-corrected chi connectivity index (χ0v) is 17.2. The number of likely N-dealkylation sites (N-methyl/N-ethyl adjacent to an activating group) is 1. The van der Waals surface area contributed by atoms with E-state index in [1.165, 1.54) is 0 Å². The third-order valence-corrected chi connectivity index (χ3v) is 5.81. The summed E-state index contributed by atoms with van der Waals surface area (Å²) in [5, 5.41) is 2.93. The molecule has 1 fully saturated rings. The van der Waals surface area contributed by atoms with Gasteiger partial charge in [-0.15, -0.1) is 0 Å². The number of rotatable bonds is 5. The molecule has 6 heteroatoms. The van der Waals surface area contributed by atoms with Crippen molar-refractivity contribution in [3.05, 3.63) is 29.3 Å². The first kappa shape index (κ1) is 20.4. The Morgan fingerprint density at radius 3 is 2.50 bits per heavy atom. The lowest BCUT2D eigenvalue weighted by Crippen LogP contribution is -2.53. The molecule has 1 aromatic carbocycles. The van der Waals surface area contributed by atoms with Crippen LogP contribution in [0.25, 0.3) is 0 Å². The summed E-state index contributed by atoms with van der Waals surface area (Å²) in [6, 6.07) is 5.37. The molecule has 0 spiro atoms. The number of hydrogen-bond donors (Lipinski definition) is 1. The van der Waals surface area contributed by atoms with E-state index >= 15 is 0 Å². The zero-order chi connectivity index (χ0) is 20.3. The van der Waals surface area contributed by atoms with Crippen molar-refractivity contribution in [1.29, 1.82) is 0 Å². The number of benzene rings is 1. The first-order chi connectivity index (χ1) is 13.4. The van der Waals surface area contributed by atoms with Crippen LogP contribution in [0.4, 0.5) is 5.69 Å². The summed E-state index contributed by atoms with van der Waals surface area (Å²) in [6.07, 6.45) is 5.81. The summed E-state index contributed by atoms with van der Waals surface area (Å²) in [4.78, 5) is 41.2. The molecule has 0 saturated heterocycles. The molecular formula is C22H31N3O3. The standard InChI is InChI=1S/C22H31N3O3/c1-4-7-20(26)23-18-11-10-16-13-19(22(28)24(2)3)25(14-17(16)12-18)21(27)15-8-5-6-9-15/h10-12,15,19H,4-9,13-14H2,1-3H3,(H,23,26). The van der Waals surface area contributed by atoms with Crippen molar-refractivity contribution >= 4 is 23.4 Å². The second-order valence-corrected chi connectivity index (χ2v) is 8.18. The van der Waals surface area contributed by atoms with Crippen molar-refractivity contribution in [3.8, 4) is 0 Å². The average Bonchev–Trinajstić information content (AvgIpc) is 3.20. The minimum absolute atomic E-state index is 0.00203. The Kier molecular flexibility index (Phi) is 6.37. The van der Waals surface area contributed by atoms with Gasteiger partial charge in [0.05, 0.1) is 0 Å². The Morgan fingerprint density at radius 2 is 1.86 bits per heavy atom. The first-order valence-electron chi connectivity index (χ1n) is 10.3. The van der Waals surface area contributed by atoms with Gasteiger partial charge in [0.25, 0.3) is 0 Å². The molecule has 3 amide bonds. The number of anilines is 1. The predicted octanol–water partition coefficient (Wildman–Crippen LogP) is 2.96. The smallest absolute Gasteiger partial charge is 0.245 e. The quantitative estimate of drug-likeness (QED) is 0.847. The highest BCUT2D eigenvalue weighted by Gasteiger charge is 2.38.